The third-order valence-electron chi connectivity index (χ3n) is 5.14. The average molecular weight is 332 g/mol. The second-order valence-corrected chi connectivity index (χ2v) is 6.92. The van der Waals surface area contributed by atoms with E-state index < -0.39 is 17.4 Å². The average Bonchev–Trinajstić information content (AvgIpc) is 2.55. The highest BCUT2D eigenvalue weighted by Gasteiger charge is 2.48. The van der Waals surface area contributed by atoms with Crippen LogP contribution in [-0.2, 0) is 9.53 Å². The van der Waals surface area contributed by atoms with Gasteiger partial charge in [0.05, 0.1) is 18.8 Å². The van der Waals surface area contributed by atoms with Crippen LogP contribution in [0.3, 0.4) is 0 Å². The molecule has 24 heavy (non-hydrogen) atoms. The van der Waals surface area contributed by atoms with E-state index in [1.165, 1.54) is 0 Å². The van der Waals surface area contributed by atoms with E-state index in [-0.39, 0.29) is 5.91 Å². The number of carbonyl (C=O) groups excluding carboxylic acids is 1. The number of benzene rings is 1. The van der Waals surface area contributed by atoms with Crippen LogP contribution in [0.5, 0.6) is 0 Å². The number of hydrogen-bond acceptors (Lipinski definition) is 4. The van der Waals surface area contributed by atoms with Gasteiger partial charge in [-0.15, -0.1) is 0 Å². The van der Waals surface area contributed by atoms with Crippen LogP contribution in [0.1, 0.15) is 35.7 Å². The maximum Gasteiger partial charge on any atom is 0.313 e. The van der Waals surface area contributed by atoms with Crippen LogP contribution in [0.2, 0.25) is 0 Å². The molecule has 0 saturated carbocycles. The first-order valence-corrected chi connectivity index (χ1v) is 8.36. The minimum absolute atomic E-state index is 0.0821. The SMILES string of the molecule is CC1(C)C(C(=O)O)c2ccccc2C(=O)N1CCN1CCOCC1. The quantitative estimate of drug-likeness (QED) is 0.903. The Labute approximate surface area is 142 Å². The van der Waals surface area contributed by atoms with Crippen molar-refractivity contribution in [1.82, 2.24) is 9.80 Å². The number of morpholine rings is 1. The molecule has 1 aromatic rings. The van der Waals surface area contributed by atoms with Gasteiger partial charge in [-0.1, -0.05) is 18.2 Å². The van der Waals surface area contributed by atoms with Gasteiger partial charge in [-0.3, -0.25) is 14.5 Å². The third-order valence-corrected chi connectivity index (χ3v) is 5.14. The fourth-order valence-corrected chi connectivity index (χ4v) is 3.78. The Hall–Kier alpha value is -1.92. The maximum atomic E-state index is 13.0. The summed E-state index contributed by atoms with van der Waals surface area (Å²) < 4.78 is 5.35. The molecule has 2 aliphatic rings. The molecule has 0 bridgehead atoms. The minimum atomic E-state index is -0.892. The summed E-state index contributed by atoms with van der Waals surface area (Å²) in [6.07, 6.45) is 0. The van der Waals surface area contributed by atoms with Crippen molar-refractivity contribution in [3.8, 4) is 0 Å². The van der Waals surface area contributed by atoms with E-state index >= 15 is 0 Å². The predicted molar refractivity (Wildman–Crippen MR) is 89.2 cm³/mol. The number of carboxylic acids is 1. The molecule has 2 aliphatic heterocycles. The Morgan fingerprint density at radius 3 is 2.58 bits per heavy atom. The number of hydrogen-bond donors (Lipinski definition) is 1. The Morgan fingerprint density at radius 1 is 1.25 bits per heavy atom. The van der Waals surface area contributed by atoms with Gasteiger partial charge in [0.25, 0.3) is 5.91 Å². The van der Waals surface area contributed by atoms with E-state index in [9.17, 15) is 14.7 Å². The van der Waals surface area contributed by atoms with Gasteiger partial charge in [0.1, 0.15) is 5.92 Å². The molecule has 0 aliphatic carbocycles. The number of amides is 1. The summed E-state index contributed by atoms with van der Waals surface area (Å²) in [5, 5.41) is 9.78. The molecule has 0 radical (unpaired) electrons. The molecule has 0 spiro atoms. The summed E-state index contributed by atoms with van der Waals surface area (Å²) in [6, 6.07) is 7.06. The maximum absolute atomic E-state index is 13.0. The van der Waals surface area contributed by atoms with Crippen LogP contribution in [0.15, 0.2) is 24.3 Å². The third kappa shape index (κ3) is 2.91. The predicted octanol–water partition coefficient (Wildman–Crippen LogP) is 1.42. The zero-order valence-corrected chi connectivity index (χ0v) is 14.2. The molecule has 130 valence electrons. The van der Waals surface area contributed by atoms with Crippen molar-refractivity contribution in [2.45, 2.75) is 25.3 Å². The molecular formula is C18H24N2O4. The Kier molecular flexibility index (Phi) is 4.60. The molecule has 2 heterocycles. The topological polar surface area (TPSA) is 70.1 Å². The lowest BCUT2D eigenvalue weighted by atomic mass is 9.75. The fourth-order valence-electron chi connectivity index (χ4n) is 3.78. The van der Waals surface area contributed by atoms with E-state index in [2.05, 4.69) is 4.90 Å². The second-order valence-electron chi connectivity index (χ2n) is 6.92. The fraction of sp³-hybridized carbons (Fsp3) is 0.556. The first kappa shape index (κ1) is 16.9. The highest BCUT2D eigenvalue weighted by Crippen LogP contribution is 2.40. The van der Waals surface area contributed by atoms with E-state index in [0.717, 1.165) is 19.6 Å². The summed E-state index contributed by atoms with van der Waals surface area (Å²) >= 11 is 0. The van der Waals surface area contributed by atoms with Crippen LogP contribution in [0.25, 0.3) is 0 Å². The number of carboxylic acid groups (broad SMARTS) is 1. The Bertz CT molecular complexity index is 638. The molecule has 1 aromatic carbocycles. The summed E-state index contributed by atoms with van der Waals surface area (Å²) in [7, 11) is 0. The zero-order valence-electron chi connectivity index (χ0n) is 14.2. The Balaban J connectivity index is 1.88. The zero-order chi connectivity index (χ0) is 17.3. The summed E-state index contributed by atoms with van der Waals surface area (Å²) in [5.41, 5.74) is 0.345. The van der Waals surface area contributed by atoms with Crippen LogP contribution >= 0.6 is 0 Å². The van der Waals surface area contributed by atoms with Crippen molar-refractivity contribution in [2.24, 2.45) is 0 Å². The lowest BCUT2D eigenvalue weighted by Crippen LogP contribution is -2.58. The molecule has 1 unspecified atom stereocenters. The molecule has 1 saturated heterocycles. The summed E-state index contributed by atoms with van der Waals surface area (Å²) in [5.74, 6) is -1.70. The van der Waals surface area contributed by atoms with Gasteiger partial charge in [0.15, 0.2) is 0 Å². The van der Waals surface area contributed by atoms with Crippen molar-refractivity contribution in [3.05, 3.63) is 35.4 Å². The monoisotopic (exact) mass is 332 g/mol. The number of nitrogens with zero attached hydrogens (tertiary/aromatic N) is 2. The number of ether oxygens (including phenoxy) is 1. The minimum Gasteiger partial charge on any atom is -0.481 e. The molecule has 1 fully saturated rings. The van der Waals surface area contributed by atoms with Gasteiger partial charge >= 0.3 is 5.97 Å². The smallest absolute Gasteiger partial charge is 0.313 e. The molecule has 3 rings (SSSR count). The van der Waals surface area contributed by atoms with Gasteiger partial charge < -0.3 is 14.7 Å². The van der Waals surface area contributed by atoms with Gasteiger partial charge in [0.2, 0.25) is 0 Å². The van der Waals surface area contributed by atoms with Gasteiger partial charge in [-0.2, -0.15) is 0 Å². The number of carbonyl (C=O) groups is 2. The van der Waals surface area contributed by atoms with E-state index in [0.29, 0.717) is 30.9 Å². The molecule has 0 aromatic heterocycles. The first-order valence-electron chi connectivity index (χ1n) is 8.36. The van der Waals surface area contributed by atoms with Crippen molar-refractivity contribution < 1.29 is 19.4 Å². The standard InChI is InChI=1S/C18H24N2O4/c1-18(2)15(17(22)23)13-5-3-4-6-14(13)16(21)20(18)8-7-19-9-11-24-12-10-19/h3-6,15H,7-12H2,1-2H3,(H,22,23). The van der Waals surface area contributed by atoms with Crippen molar-refractivity contribution in [2.75, 3.05) is 39.4 Å². The van der Waals surface area contributed by atoms with Gasteiger partial charge in [0, 0.05) is 31.7 Å². The summed E-state index contributed by atoms with van der Waals surface area (Å²) in [6.45, 7) is 8.05. The Morgan fingerprint density at radius 2 is 1.92 bits per heavy atom. The van der Waals surface area contributed by atoms with Gasteiger partial charge in [-0.05, 0) is 25.5 Å². The molecule has 6 nitrogen and oxygen atoms in total. The number of aliphatic carboxylic acids is 1. The highest BCUT2D eigenvalue weighted by molar-refractivity contribution is 6.00. The van der Waals surface area contributed by atoms with Crippen LogP contribution in [-0.4, -0.2) is 71.7 Å². The molecule has 6 heteroatoms. The molecule has 1 atom stereocenters. The van der Waals surface area contributed by atoms with E-state index in [1.807, 2.05) is 13.8 Å². The van der Waals surface area contributed by atoms with E-state index in [1.54, 1.807) is 29.2 Å². The molecule has 1 N–H and O–H groups in total. The molecule has 1 amide bonds. The van der Waals surface area contributed by atoms with Crippen LogP contribution < -0.4 is 0 Å². The normalized spacial score (nSPS) is 23.8. The molecular weight excluding hydrogens is 308 g/mol. The second kappa shape index (κ2) is 6.53. The summed E-state index contributed by atoms with van der Waals surface area (Å²) in [4.78, 5) is 28.9. The van der Waals surface area contributed by atoms with E-state index in [4.69, 9.17) is 4.74 Å². The number of rotatable bonds is 4. The van der Waals surface area contributed by atoms with Crippen LogP contribution in [0, 0.1) is 0 Å². The lowest BCUT2D eigenvalue weighted by molar-refractivity contribution is -0.142. The largest absolute Gasteiger partial charge is 0.481 e. The first-order chi connectivity index (χ1) is 11.4. The highest BCUT2D eigenvalue weighted by atomic mass is 16.5. The van der Waals surface area contributed by atoms with Crippen molar-refractivity contribution in [3.63, 3.8) is 0 Å². The van der Waals surface area contributed by atoms with Crippen molar-refractivity contribution in [1.29, 1.82) is 0 Å². The van der Waals surface area contributed by atoms with Crippen molar-refractivity contribution >= 4 is 11.9 Å². The van der Waals surface area contributed by atoms with Crippen LogP contribution in [0.4, 0.5) is 0 Å². The van der Waals surface area contributed by atoms with Gasteiger partial charge in [-0.25, -0.2) is 0 Å². The number of fused-ring (bicyclic) bond motifs is 1. The lowest BCUT2D eigenvalue weighted by Gasteiger charge is -2.47.